The Labute approximate surface area is 203 Å². The van der Waals surface area contributed by atoms with E-state index in [0.29, 0.717) is 34.6 Å². The largest absolute Gasteiger partial charge is 0.493 e. The van der Waals surface area contributed by atoms with Crippen LogP contribution in [0.3, 0.4) is 0 Å². The van der Waals surface area contributed by atoms with E-state index in [0.717, 1.165) is 37.6 Å². The highest BCUT2D eigenvalue weighted by Crippen LogP contribution is 2.36. The molecule has 0 spiro atoms. The first-order valence-electron chi connectivity index (χ1n) is 11.0. The molecular formula is C25H27ClN4O4. The van der Waals surface area contributed by atoms with Crippen LogP contribution in [0.4, 0.5) is 11.5 Å². The number of pyridine rings is 2. The molecule has 2 unspecified atom stereocenters. The smallest absolute Gasteiger partial charge is 0.255 e. The van der Waals surface area contributed by atoms with Crippen LogP contribution in [0.5, 0.6) is 11.5 Å². The Morgan fingerprint density at radius 2 is 1.85 bits per heavy atom. The van der Waals surface area contributed by atoms with Gasteiger partial charge in [0.2, 0.25) is 0 Å². The van der Waals surface area contributed by atoms with Crippen LogP contribution in [0.25, 0.3) is 0 Å². The lowest BCUT2D eigenvalue weighted by Crippen LogP contribution is -2.47. The molecule has 0 radical (unpaired) electrons. The molecule has 0 aliphatic carbocycles. The number of carbonyl (C=O) groups excluding carboxylic acids is 1. The quantitative estimate of drug-likeness (QED) is 0.598. The van der Waals surface area contributed by atoms with Gasteiger partial charge < -0.3 is 24.3 Å². The third-order valence-electron chi connectivity index (χ3n) is 6.46. The molecule has 1 fully saturated rings. The van der Waals surface area contributed by atoms with Gasteiger partial charge in [-0.1, -0.05) is 6.07 Å². The number of halogens is 1. The van der Waals surface area contributed by atoms with Gasteiger partial charge in [0.15, 0.2) is 11.5 Å². The van der Waals surface area contributed by atoms with Gasteiger partial charge in [-0.15, -0.1) is 12.4 Å². The summed E-state index contributed by atoms with van der Waals surface area (Å²) >= 11 is 0. The lowest BCUT2D eigenvalue weighted by atomic mass is 9.83. The van der Waals surface area contributed by atoms with Crippen LogP contribution in [0.2, 0.25) is 0 Å². The Balaban J connectivity index is 0.00000274. The van der Waals surface area contributed by atoms with E-state index in [9.17, 15) is 9.59 Å². The van der Waals surface area contributed by atoms with Crippen LogP contribution < -0.4 is 25.2 Å². The number of carbonyl (C=O) groups is 1. The number of anilines is 2. The minimum Gasteiger partial charge on any atom is -0.493 e. The predicted octanol–water partition coefficient (Wildman–Crippen LogP) is 3.56. The van der Waals surface area contributed by atoms with E-state index in [1.54, 1.807) is 37.6 Å². The molecule has 34 heavy (non-hydrogen) atoms. The summed E-state index contributed by atoms with van der Waals surface area (Å²) in [6, 6.07) is 14.4. The van der Waals surface area contributed by atoms with E-state index >= 15 is 0 Å². The molecule has 2 bridgehead atoms. The molecule has 2 aliphatic heterocycles. The van der Waals surface area contributed by atoms with Crippen molar-refractivity contribution in [2.75, 3.05) is 37.5 Å². The van der Waals surface area contributed by atoms with E-state index in [4.69, 9.17) is 9.47 Å². The SMILES string of the molecule is COc1ccc(C(=O)Nc2ccc(N3CC4CC(C3)c3cccc(=O)n3C4)nc2)cc1OC.Cl. The minimum absolute atomic E-state index is 0. The topological polar surface area (TPSA) is 85.7 Å². The van der Waals surface area contributed by atoms with E-state index in [1.165, 1.54) is 7.11 Å². The Hall–Kier alpha value is -3.52. The lowest BCUT2D eigenvalue weighted by Gasteiger charge is -2.43. The highest BCUT2D eigenvalue weighted by molar-refractivity contribution is 6.04. The molecule has 2 aromatic heterocycles. The number of ether oxygens (including phenoxy) is 2. The maximum Gasteiger partial charge on any atom is 0.255 e. The molecule has 1 aromatic carbocycles. The molecule has 8 nitrogen and oxygen atoms in total. The van der Waals surface area contributed by atoms with Gasteiger partial charge in [0.25, 0.3) is 11.5 Å². The molecule has 4 heterocycles. The van der Waals surface area contributed by atoms with Crippen LogP contribution in [-0.4, -0.2) is 42.8 Å². The second kappa shape index (κ2) is 9.77. The molecule has 1 saturated heterocycles. The minimum atomic E-state index is -0.250. The Bertz CT molecular complexity index is 1240. The third-order valence-corrected chi connectivity index (χ3v) is 6.46. The zero-order chi connectivity index (χ0) is 22.9. The van der Waals surface area contributed by atoms with Crippen molar-refractivity contribution < 1.29 is 14.3 Å². The van der Waals surface area contributed by atoms with Gasteiger partial charge >= 0.3 is 0 Å². The van der Waals surface area contributed by atoms with Gasteiger partial charge in [-0.3, -0.25) is 9.59 Å². The molecule has 1 amide bonds. The van der Waals surface area contributed by atoms with Crippen LogP contribution in [-0.2, 0) is 6.54 Å². The highest BCUT2D eigenvalue weighted by atomic mass is 35.5. The second-order valence-corrected chi connectivity index (χ2v) is 8.53. The van der Waals surface area contributed by atoms with Crippen molar-refractivity contribution in [1.29, 1.82) is 0 Å². The standard InChI is InChI=1S/C25H26N4O4.ClH/c1-32-21-8-6-17(11-22(21)33-2)25(31)27-19-7-9-23(26-12-19)28-13-16-10-18(15-28)20-4-3-5-24(30)29(20)14-16;/h3-9,11-12,16,18H,10,13-15H2,1-2H3,(H,27,31);1H. The van der Waals surface area contributed by atoms with Gasteiger partial charge in [-0.2, -0.15) is 0 Å². The van der Waals surface area contributed by atoms with Gasteiger partial charge in [0.1, 0.15) is 5.82 Å². The average Bonchev–Trinajstić information content (AvgIpc) is 2.84. The van der Waals surface area contributed by atoms with Gasteiger partial charge in [0.05, 0.1) is 26.1 Å². The maximum atomic E-state index is 12.7. The molecule has 2 aliphatic rings. The number of aromatic nitrogens is 2. The van der Waals surface area contributed by atoms with E-state index in [-0.39, 0.29) is 23.9 Å². The Kier molecular flexibility index (Phi) is 6.79. The molecule has 1 N–H and O–H groups in total. The molecule has 5 rings (SSSR count). The molecule has 0 saturated carbocycles. The zero-order valence-electron chi connectivity index (χ0n) is 19.1. The number of benzene rings is 1. The van der Waals surface area contributed by atoms with Gasteiger partial charge in [-0.25, -0.2) is 4.98 Å². The van der Waals surface area contributed by atoms with Gasteiger partial charge in [-0.05, 0) is 48.7 Å². The number of hydrogen-bond donors (Lipinski definition) is 1. The van der Waals surface area contributed by atoms with E-state index < -0.39 is 0 Å². The van der Waals surface area contributed by atoms with E-state index in [1.807, 2.05) is 22.8 Å². The number of piperidine rings is 1. The van der Waals surface area contributed by atoms with Crippen molar-refractivity contribution in [1.82, 2.24) is 9.55 Å². The number of nitrogens with zero attached hydrogens (tertiary/aromatic N) is 3. The summed E-state index contributed by atoms with van der Waals surface area (Å²) in [5.74, 6) is 2.43. The first-order chi connectivity index (χ1) is 16.1. The van der Waals surface area contributed by atoms with Crippen molar-refractivity contribution in [2.45, 2.75) is 18.9 Å². The maximum absolute atomic E-state index is 12.7. The molecule has 178 valence electrons. The summed E-state index contributed by atoms with van der Waals surface area (Å²) in [4.78, 5) is 31.8. The van der Waals surface area contributed by atoms with Crippen LogP contribution in [0.15, 0.2) is 59.5 Å². The van der Waals surface area contributed by atoms with Crippen molar-refractivity contribution >= 4 is 29.8 Å². The monoisotopic (exact) mass is 482 g/mol. The van der Waals surface area contributed by atoms with Crippen LogP contribution in [0, 0.1) is 5.92 Å². The van der Waals surface area contributed by atoms with E-state index in [2.05, 4.69) is 21.3 Å². The second-order valence-electron chi connectivity index (χ2n) is 8.53. The number of methoxy groups -OCH3 is 2. The number of rotatable bonds is 5. The fourth-order valence-corrected chi connectivity index (χ4v) is 4.91. The normalized spacial score (nSPS) is 18.4. The average molecular weight is 483 g/mol. The van der Waals surface area contributed by atoms with Crippen molar-refractivity contribution in [3.8, 4) is 11.5 Å². The fourth-order valence-electron chi connectivity index (χ4n) is 4.91. The number of amides is 1. The summed E-state index contributed by atoms with van der Waals surface area (Å²) in [6.45, 7) is 2.44. The molecular weight excluding hydrogens is 456 g/mol. The summed E-state index contributed by atoms with van der Waals surface area (Å²) in [5.41, 5.74) is 2.28. The first-order valence-corrected chi connectivity index (χ1v) is 11.0. The van der Waals surface area contributed by atoms with Crippen molar-refractivity contribution in [3.05, 3.63) is 76.3 Å². The lowest BCUT2D eigenvalue weighted by molar-refractivity contribution is 0.102. The number of fused-ring (bicyclic) bond motifs is 4. The summed E-state index contributed by atoms with van der Waals surface area (Å²) in [5, 5.41) is 2.88. The fraction of sp³-hybridized carbons (Fsp3) is 0.320. The Morgan fingerprint density at radius 3 is 2.59 bits per heavy atom. The summed E-state index contributed by atoms with van der Waals surface area (Å²) in [7, 11) is 3.09. The van der Waals surface area contributed by atoms with Crippen LogP contribution >= 0.6 is 12.4 Å². The number of hydrogen-bond acceptors (Lipinski definition) is 6. The third kappa shape index (κ3) is 4.46. The van der Waals surface area contributed by atoms with Crippen molar-refractivity contribution in [2.24, 2.45) is 5.92 Å². The molecule has 3 aromatic rings. The Morgan fingerprint density at radius 1 is 1.03 bits per heavy atom. The predicted molar refractivity (Wildman–Crippen MR) is 133 cm³/mol. The summed E-state index contributed by atoms with van der Waals surface area (Å²) < 4.78 is 12.4. The zero-order valence-corrected chi connectivity index (χ0v) is 19.9. The highest BCUT2D eigenvalue weighted by Gasteiger charge is 2.34. The summed E-state index contributed by atoms with van der Waals surface area (Å²) in [6.07, 6.45) is 2.77. The molecule has 2 atom stereocenters. The van der Waals surface area contributed by atoms with Gasteiger partial charge in [0, 0.05) is 42.9 Å². The molecule has 9 heteroatoms. The first kappa shape index (κ1) is 23.6. The number of nitrogens with one attached hydrogen (secondary N) is 1. The van der Waals surface area contributed by atoms with Crippen molar-refractivity contribution in [3.63, 3.8) is 0 Å². The van der Waals surface area contributed by atoms with Crippen LogP contribution in [0.1, 0.15) is 28.4 Å².